The van der Waals surface area contributed by atoms with Crippen molar-refractivity contribution >= 4 is 9.84 Å². The molecule has 0 aromatic heterocycles. The Bertz CT molecular complexity index is 607. The third-order valence-electron chi connectivity index (χ3n) is 2.92. The second kappa shape index (κ2) is 7.10. The molecule has 2 rings (SSSR count). The van der Waals surface area contributed by atoms with Gasteiger partial charge in [0.05, 0.1) is 17.3 Å². The maximum absolute atomic E-state index is 12.0. The lowest BCUT2D eigenvalue weighted by Crippen LogP contribution is -2.08. The van der Waals surface area contributed by atoms with Crippen molar-refractivity contribution in [2.75, 3.05) is 12.4 Å². The van der Waals surface area contributed by atoms with Crippen LogP contribution in [0.1, 0.15) is 12.8 Å². The quantitative estimate of drug-likeness (QED) is 0.735. The van der Waals surface area contributed by atoms with E-state index in [-0.39, 0.29) is 5.75 Å². The van der Waals surface area contributed by atoms with Crippen molar-refractivity contribution in [1.82, 2.24) is 0 Å². The fourth-order valence-electron chi connectivity index (χ4n) is 1.85. The van der Waals surface area contributed by atoms with Gasteiger partial charge < -0.3 is 4.74 Å². The van der Waals surface area contributed by atoms with Crippen LogP contribution in [0.2, 0.25) is 0 Å². The van der Waals surface area contributed by atoms with Gasteiger partial charge in [-0.15, -0.1) is 0 Å². The molecule has 0 saturated carbocycles. The fraction of sp³-hybridized carbons (Fsp3) is 0.250. The van der Waals surface area contributed by atoms with E-state index in [9.17, 15) is 8.42 Å². The summed E-state index contributed by atoms with van der Waals surface area (Å²) in [7, 11) is -3.16. The lowest BCUT2D eigenvalue weighted by Gasteiger charge is -2.06. The average molecular weight is 290 g/mol. The number of hydrogen-bond acceptors (Lipinski definition) is 3. The standard InChI is InChI=1S/C16H18O3S/c17-20(18,16-11-5-2-6-12-16)14-8-7-13-19-15-9-3-1-4-10-15/h1-6,9-12H,7-8,13-14H2. The van der Waals surface area contributed by atoms with Gasteiger partial charge in [0.15, 0.2) is 9.84 Å². The van der Waals surface area contributed by atoms with E-state index in [0.717, 1.165) is 12.2 Å². The van der Waals surface area contributed by atoms with Gasteiger partial charge in [0.25, 0.3) is 0 Å². The summed E-state index contributed by atoms with van der Waals surface area (Å²) >= 11 is 0. The SMILES string of the molecule is O=S(=O)(CCCCOc1ccccc1)c1ccccc1. The van der Waals surface area contributed by atoms with Crippen LogP contribution >= 0.6 is 0 Å². The predicted molar refractivity (Wildman–Crippen MR) is 79.7 cm³/mol. The molecule has 0 aliphatic heterocycles. The highest BCUT2D eigenvalue weighted by Crippen LogP contribution is 2.13. The monoisotopic (exact) mass is 290 g/mol. The molecule has 0 amide bonds. The number of ether oxygens (including phenoxy) is 1. The first-order valence-electron chi connectivity index (χ1n) is 6.64. The Morgan fingerprint density at radius 3 is 2.05 bits per heavy atom. The minimum Gasteiger partial charge on any atom is -0.494 e. The molecule has 0 bridgehead atoms. The molecule has 2 aromatic carbocycles. The lowest BCUT2D eigenvalue weighted by atomic mass is 10.3. The number of hydrogen-bond donors (Lipinski definition) is 0. The zero-order valence-corrected chi connectivity index (χ0v) is 12.1. The third-order valence-corrected chi connectivity index (χ3v) is 4.74. The molecule has 0 unspecified atom stereocenters. The molecule has 0 saturated heterocycles. The van der Waals surface area contributed by atoms with Gasteiger partial charge in [-0.2, -0.15) is 0 Å². The summed E-state index contributed by atoms with van der Waals surface area (Å²) in [5.41, 5.74) is 0. The van der Waals surface area contributed by atoms with Gasteiger partial charge in [-0.3, -0.25) is 0 Å². The van der Waals surface area contributed by atoms with Crippen molar-refractivity contribution < 1.29 is 13.2 Å². The number of benzene rings is 2. The van der Waals surface area contributed by atoms with Crippen LogP contribution in [0.25, 0.3) is 0 Å². The number of sulfone groups is 1. The number of para-hydroxylation sites is 1. The molecule has 0 aliphatic carbocycles. The Morgan fingerprint density at radius 1 is 0.800 bits per heavy atom. The largest absolute Gasteiger partial charge is 0.494 e. The van der Waals surface area contributed by atoms with Crippen LogP contribution < -0.4 is 4.74 Å². The molecule has 0 radical (unpaired) electrons. The number of rotatable bonds is 7. The van der Waals surface area contributed by atoms with E-state index >= 15 is 0 Å². The van der Waals surface area contributed by atoms with Crippen LogP contribution in [0.4, 0.5) is 0 Å². The topological polar surface area (TPSA) is 43.4 Å². The molecule has 0 heterocycles. The molecule has 0 N–H and O–H groups in total. The van der Waals surface area contributed by atoms with Crippen LogP contribution in [-0.4, -0.2) is 20.8 Å². The van der Waals surface area contributed by atoms with Crippen molar-refractivity contribution in [2.24, 2.45) is 0 Å². The third kappa shape index (κ3) is 4.38. The Labute approximate surface area is 120 Å². The van der Waals surface area contributed by atoms with Gasteiger partial charge in [-0.05, 0) is 37.1 Å². The summed E-state index contributed by atoms with van der Waals surface area (Å²) in [5, 5.41) is 0. The highest BCUT2D eigenvalue weighted by Gasteiger charge is 2.12. The molecule has 0 fully saturated rings. The Morgan fingerprint density at radius 2 is 1.40 bits per heavy atom. The average Bonchev–Trinajstić information content (AvgIpc) is 2.49. The normalized spacial score (nSPS) is 11.2. The second-order valence-corrected chi connectivity index (χ2v) is 6.61. The van der Waals surface area contributed by atoms with Crippen LogP contribution in [0.5, 0.6) is 5.75 Å². The van der Waals surface area contributed by atoms with Crippen LogP contribution in [0, 0.1) is 0 Å². The van der Waals surface area contributed by atoms with Crippen molar-refractivity contribution in [2.45, 2.75) is 17.7 Å². The van der Waals surface area contributed by atoms with Crippen LogP contribution in [-0.2, 0) is 9.84 Å². The van der Waals surface area contributed by atoms with Gasteiger partial charge in [0.1, 0.15) is 5.75 Å². The van der Waals surface area contributed by atoms with Crippen LogP contribution in [0.3, 0.4) is 0 Å². The summed E-state index contributed by atoms with van der Waals surface area (Å²) < 4.78 is 29.6. The van der Waals surface area contributed by atoms with Crippen LogP contribution in [0.15, 0.2) is 65.6 Å². The molecular formula is C16H18O3S. The van der Waals surface area contributed by atoms with E-state index in [1.807, 2.05) is 36.4 Å². The van der Waals surface area contributed by atoms with Gasteiger partial charge >= 0.3 is 0 Å². The second-order valence-electron chi connectivity index (χ2n) is 4.50. The minimum absolute atomic E-state index is 0.162. The minimum atomic E-state index is -3.16. The summed E-state index contributed by atoms with van der Waals surface area (Å²) in [4.78, 5) is 0.393. The lowest BCUT2D eigenvalue weighted by molar-refractivity contribution is 0.309. The first-order chi connectivity index (χ1) is 9.68. The summed E-state index contributed by atoms with van der Waals surface area (Å²) in [6.07, 6.45) is 1.32. The predicted octanol–water partition coefficient (Wildman–Crippen LogP) is 3.32. The molecule has 0 spiro atoms. The van der Waals surface area contributed by atoms with Gasteiger partial charge in [-0.1, -0.05) is 36.4 Å². The molecule has 106 valence electrons. The summed E-state index contributed by atoms with van der Waals surface area (Å²) in [6.45, 7) is 0.536. The van der Waals surface area contributed by atoms with E-state index in [1.165, 1.54) is 0 Å². The molecule has 0 atom stereocenters. The van der Waals surface area contributed by atoms with Gasteiger partial charge in [-0.25, -0.2) is 8.42 Å². The van der Waals surface area contributed by atoms with E-state index < -0.39 is 9.84 Å². The Hall–Kier alpha value is -1.81. The number of unbranched alkanes of at least 4 members (excludes halogenated alkanes) is 1. The Kier molecular flexibility index (Phi) is 5.18. The highest BCUT2D eigenvalue weighted by atomic mass is 32.2. The first-order valence-corrected chi connectivity index (χ1v) is 8.29. The molecular weight excluding hydrogens is 272 g/mol. The molecule has 4 heteroatoms. The van der Waals surface area contributed by atoms with E-state index in [2.05, 4.69) is 0 Å². The fourth-order valence-corrected chi connectivity index (χ4v) is 3.24. The molecule has 3 nitrogen and oxygen atoms in total. The van der Waals surface area contributed by atoms with Gasteiger partial charge in [0.2, 0.25) is 0 Å². The molecule has 20 heavy (non-hydrogen) atoms. The van der Waals surface area contributed by atoms with Crippen molar-refractivity contribution in [3.63, 3.8) is 0 Å². The zero-order valence-electron chi connectivity index (χ0n) is 11.2. The summed E-state index contributed by atoms with van der Waals surface area (Å²) in [5.74, 6) is 0.980. The smallest absolute Gasteiger partial charge is 0.178 e. The highest BCUT2D eigenvalue weighted by molar-refractivity contribution is 7.91. The maximum Gasteiger partial charge on any atom is 0.178 e. The van der Waals surface area contributed by atoms with E-state index in [1.54, 1.807) is 24.3 Å². The van der Waals surface area contributed by atoms with E-state index in [4.69, 9.17) is 4.74 Å². The molecule has 0 aliphatic rings. The molecule has 2 aromatic rings. The maximum atomic E-state index is 12.0. The van der Waals surface area contributed by atoms with Crippen molar-refractivity contribution in [1.29, 1.82) is 0 Å². The zero-order chi connectivity index (χ0) is 14.3. The van der Waals surface area contributed by atoms with Crippen molar-refractivity contribution in [3.8, 4) is 5.75 Å². The van der Waals surface area contributed by atoms with Crippen molar-refractivity contribution in [3.05, 3.63) is 60.7 Å². The first kappa shape index (κ1) is 14.6. The van der Waals surface area contributed by atoms with E-state index in [0.29, 0.717) is 17.9 Å². The van der Waals surface area contributed by atoms with Gasteiger partial charge in [0, 0.05) is 0 Å². The Balaban J connectivity index is 1.74. The summed E-state index contributed by atoms with van der Waals surface area (Å²) in [6, 6.07) is 18.1.